The molecule has 0 radical (unpaired) electrons. The molecule has 2 saturated heterocycles. The Hall–Kier alpha value is -2.09. The fourth-order valence-electron chi connectivity index (χ4n) is 4.01. The van der Waals surface area contributed by atoms with Gasteiger partial charge in [-0.15, -0.1) is 0 Å². The second-order valence-corrected chi connectivity index (χ2v) is 6.71. The van der Waals surface area contributed by atoms with Gasteiger partial charge in [0.05, 0.1) is 18.2 Å². The first-order valence-corrected chi connectivity index (χ1v) is 8.25. The van der Waals surface area contributed by atoms with E-state index in [9.17, 15) is 5.26 Å². The summed E-state index contributed by atoms with van der Waals surface area (Å²) < 4.78 is 6.02. The Morgan fingerprint density at radius 3 is 2.91 bits per heavy atom. The van der Waals surface area contributed by atoms with Crippen LogP contribution in [0.5, 0.6) is 0 Å². The summed E-state index contributed by atoms with van der Waals surface area (Å²) in [6, 6.07) is 14.6. The fraction of sp³-hybridized carbons (Fsp3) is 0.421. The van der Waals surface area contributed by atoms with Gasteiger partial charge in [0, 0.05) is 24.7 Å². The van der Waals surface area contributed by atoms with Gasteiger partial charge in [-0.25, -0.2) is 0 Å². The summed E-state index contributed by atoms with van der Waals surface area (Å²) in [6.45, 7) is 4.39. The fourth-order valence-corrected chi connectivity index (χ4v) is 4.01. The molecule has 0 unspecified atom stereocenters. The minimum absolute atomic E-state index is 0.658. The zero-order chi connectivity index (χ0) is 15.8. The smallest absolute Gasteiger partial charge is 0.135 e. The molecule has 2 aliphatic heterocycles. The van der Waals surface area contributed by atoms with E-state index in [-0.39, 0.29) is 0 Å². The number of benzene rings is 1. The Morgan fingerprint density at radius 2 is 2.09 bits per heavy atom. The molecule has 4 rings (SSSR count). The molecule has 118 valence electrons. The number of fused-ring (bicyclic) bond motifs is 1. The molecule has 0 aliphatic carbocycles. The van der Waals surface area contributed by atoms with Crippen molar-refractivity contribution < 1.29 is 4.42 Å². The van der Waals surface area contributed by atoms with Crippen molar-refractivity contribution in [1.82, 2.24) is 9.80 Å². The van der Waals surface area contributed by atoms with Crippen molar-refractivity contribution in [3.05, 3.63) is 47.7 Å². The topological polar surface area (TPSA) is 43.4 Å². The summed E-state index contributed by atoms with van der Waals surface area (Å²) in [7, 11) is 2.23. The normalized spacial score (nSPS) is 24.7. The van der Waals surface area contributed by atoms with Crippen LogP contribution in [0.2, 0.25) is 0 Å². The van der Waals surface area contributed by atoms with E-state index in [2.05, 4.69) is 22.9 Å². The molecule has 4 heteroatoms. The average Bonchev–Trinajstić information content (AvgIpc) is 3.26. The Bertz CT molecular complexity index is 745. The molecule has 1 aromatic carbocycles. The highest BCUT2D eigenvalue weighted by Gasteiger charge is 2.39. The average molecular weight is 307 g/mol. The maximum Gasteiger partial charge on any atom is 0.135 e. The summed E-state index contributed by atoms with van der Waals surface area (Å²) in [4.78, 5) is 4.98. The number of likely N-dealkylation sites (tertiary alicyclic amines) is 2. The number of hydrogen-bond acceptors (Lipinski definition) is 4. The van der Waals surface area contributed by atoms with E-state index in [1.807, 2.05) is 36.4 Å². The molecule has 2 fully saturated rings. The van der Waals surface area contributed by atoms with Gasteiger partial charge in [-0.2, -0.15) is 5.26 Å². The van der Waals surface area contributed by atoms with Crippen LogP contribution in [0, 0.1) is 17.2 Å². The van der Waals surface area contributed by atoms with Crippen LogP contribution in [0.25, 0.3) is 11.3 Å². The molecule has 0 saturated carbocycles. The highest BCUT2D eigenvalue weighted by molar-refractivity contribution is 5.66. The van der Waals surface area contributed by atoms with E-state index in [1.54, 1.807) is 0 Å². The van der Waals surface area contributed by atoms with Gasteiger partial charge >= 0.3 is 0 Å². The van der Waals surface area contributed by atoms with Crippen molar-refractivity contribution in [3.63, 3.8) is 0 Å². The lowest BCUT2D eigenvalue weighted by atomic mass is 10.1. The summed E-state index contributed by atoms with van der Waals surface area (Å²) >= 11 is 0. The van der Waals surface area contributed by atoms with Crippen LogP contribution in [0.4, 0.5) is 0 Å². The van der Waals surface area contributed by atoms with E-state index in [0.29, 0.717) is 11.6 Å². The van der Waals surface area contributed by atoms with Crippen molar-refractivity contribution in [3.8, 4) is 17.4 Å². The monoisotopic (exact) mass is 307 g/mol. The number of nitriles is 1. The predicted octanol–water partition coefficient (Wildman–Crippen LogP) is 2.95. The Balaban J connectivity index is 1.48. The summed E-state index contributed by atoms with van der Waals surface area (Å²) in [5.74, 6) is 2.58. The lowest BCUT2D eigenvalue weighted by Crippen LogP contribution is -2.31. The Labute approximate surface area is 136 Å². The molecule has 2 atom stereocenters. The summed E-state index contributed by atoms with van der Waals surface area (Å²) in [5, 5.41) is 9.23. The van der Waals surface area contributed by atoms with Crippen molar-refractivity contribution >= 4 is 0 Å². The molecule has 2 aromatic rings. The van der Waals surface area contributed by atoms with E-state index in [0.717, 1.165) is 36.1 Å². The molecule has 0 bridgehead atoms. The van der Waals surface area contributed by atoms with Crippen molar-refractivity contribution in [2.24, 2.45) is 5.92 Å². The van der Waals surface area contributed by atoms with Gasteiger partial charge in [0.25, 0.3) is 0 Å². The summed E-state index contributed by atoms with van der Waals surface area (Å²) in [5.41, 5.74) is 1.53. The third-order valence-corrected chi connectivity index (χ3v) is 5.25. The molecule has 3 heterocycles. The molecular formula is C19H21N3O. The van der Waals surface area contributed by atoms with Crippen molar-refractivity contribution in [2.45, 2.75) is 19.0 Å². The molecule has 4 nitrogen and oxygen atoms in total. The third kappa shape index (κ3) is 2.67. The lowest BCUT2D eigenvalue weighted by molar-refractivity contribution is 0.243. The third-order valence-electron chi connectivity index (χ3n) is 5.25. The zero-order valence-electron chi connectivity index (χ0n) is 13.4. The second-order valence-electron chi connectivity index (χ2n) is 6.71. The van der Waals surface area contributed by atoms with Crippen molar-refractivity contribution in [1.29, 1.82) is 5.26 Å². The lowest BCUT2D eigenvalue weighted by Gasteiger charge is -2.19. The maximum absolute atomic E-state index is 9.23. The SMILES string of the molecule is CN1CC[C@H]2CN(Cc3ccc(-c4ccccc4C#N)o3)C[C@H]21. The molecule has 0 spiro atoms. The Kier molecular flexibility index (Phi) is 3.68. The molecule has 2 aliphatic rings. The van der Waals surface area contributed by atoms with E-state index < -0.39 is 0 Å². The van der Waals surface area contributed by atoms with Gasteiger partial charge < -0.3 is 9.32 Å². The first-order chi connectivity index (χ1) is 11.2. The van der Waals surface area contributed by atoms with Gasteiger partial charge in [0.1, 0.15) is 11.5 Å². The van der Waals surface area contributed by atoms with Crippen LogP contribution in [-0.4, -0.2) is 42.5 Å². The second kappa shape index (κ2) is 5.84. The molecular weight excluding hydrogens is 286 g/mol. The first kappa shape index (κ1) is 14.5. The molecule has 0 N–H and O–H groups in total. The van der Waals surface area contributed by atoms with Crippen LogP contribution < -0.4 is 0 Å². The number of rotatable bonds is 3. The van der Waals surface area contributed by atoms with Crippen LogP contribution in [-0.2, 0) is 6.54 Å². The van der Waals surface area contributed by atoms with Gasteiger partial charge in [-0.1, -0.05) is 12.1 Å². The number of nitrogens with zero attached hydrogens (tertiary/aromatic N) is 3. The van der Waals surface area contributed by atoms with E-state index in [1.165, 1.54) is 19.5 Å². The standard InChI is InChI=1S/C19H21N3O/c1-21-9-8-15-11-22(13-18(15)21)12-16-6-7-19(23-16)17-5-3-2-4-14(17)10-20/h2-7,15,18H,8-9,11-13H2,1H3/t15-,18+/m0/s1. The van der Waals surface area contributed by atoms with E-state index in [4.69, 9.17) is 4.42 Å². The van der Waals surface area contributed by atoms with Gasteiger partial charge in [-0.05, 0) is 50.2 Å². The van der Waals surface area contributed by atoms with Gasteiger partial charge in [-0.3, -0.25) is 4.90 Å². The van der Waals surface area contributed by atoms with Crippen LogP contribution in [0.1, 0.15) is 17.7 Å². The van der Waals surface area contributed by atoms with E-state index >= 15 is 0 Å². The highest BCUT2D eigenvalue weighted by atomic mass is 16.3. The number of hydrogen-bond donors (Lipinski definition) is 0. The maximum atomic E-state index is 9.23. The minimum Gasteiger partial charge on any atom is -0.460 e. The summed E-state index contributed by atoms with van der Waals surface area (Å²) in [6.07, 6.45) is 1.32. The van der Waals surface area contributed by atoms with Gasteiger partial charge in [0.15, 0.2) is 0 Å². The highest BCUT2D eigenvalue weighted by Crippen LogP contribution is 2.32. The molecule has 0 amide bonds. The quantitative estimate of drug-likeness (QED) is 0.874. The Morgan fingerprint density at radius 1 is 1.22 bits per heavy atom. The predicted molar refractivity (Wildman–Crippen MR) is 88.7 cm³/mol. The number of likely N-dealkylation sites (N-methyl/N-ethyl adjacent to an activating group) is 1. The molecule has 23 heavy (non-hydrogen) atoms. The van der Waals surface area contributed by atoms with Crippen LogP contribution >= 0.6 is 0 Å². The zero-order valence-corrected chi connectivity index (χ0v) is 13.4. The van der Waals surface area contributed by atoms with Crippen LogP contribution in [0.3, 0.4) is 0 Å². The molecule has 1 aromatic heterocycles. The first-order valence-electron chi connectivity index (χ1n) is 8.25. The van der Waals surface area contributed by atoms with Crippen LogP contribution in [0.15, 0.2) is 40.8 Å². The van der Waals surface area contributed by atoms with Gasteiger partial charge in [0.2, 0.25) is 0 Å². The minimum atomic E-state index is 0.658. The largest absolute Gasteiger partial charge is 0.460 e. The van der Waals surface area contributed by atoms with Crippen molar-refractivity contribution in [2.75, 3.05) is 26.7 Å². The number of furan rings is 1.